The maximum absolute atomic E-state index is 5.31. The molecule has 0 spiro atoms. The zero-order valence-corrected chi connectivity index (χ0v) is 17.2. The lowest BCUT2D eigenvalue weighted by Crippen LogP contribution is -1.86. The Balaban J connectivity index is 2.14. The van der Waals surface area contributed by atoms with Gasteiger partial charge >= 0.3 is 0 Å². The van der Waals surface area contributed by atoms with E-state index in [-0.39, 0.29) is 0 Å². The molecule has 0 aliphatic carbocycles. The second-order valence-electron chi connectivity index (χ2n) is 5.06. The summed E-state index contributed by atoms with van der Waals surface area (Å²) in [6, 6.07) is 4.51. The van der Waals surface area contributed by atoms with E-state index >= 15 is 0 Å². The highest BCUT2D eigenvalue weighted by Gasteiger charge is 2.14. The third kappa shape index (κ3) is 4.90. The summed E-state index contributed by atoms with van der Waals surface area (Å²) >= 11 is 10.9. The molecule has 0 bridgehead atoms. The molecule has 0 aliphatic rings. The fourth-order valence-corrected chi connectivity index (χ4v) is 5.86. The van der Waals surface area contributed by atoms with E-state index in [1.54, 1.807) is 18.4 Å². The summed E-state index contributed by atoms with van der Waals surface area (Å²) < 4.78 is 7.76. The normalized spacial score (nSPS) is 11.2. The van der Waals surface area contributed by atoms with Crippen LogP contribution in [0, 0.1) is 0 Å². The van der Waals surface area contributed by atoms with E-state index in [0.717, 1.165) is 0 Å². The summed E-state index contributed by atoms with van der Waals surface area (Å²) in [6.07, 6.45) is 6.41. The van der Waals surface area contributed by atoms with E-state index in [2.05, 4.69) is 50.9 Å². The van der Waals surface area contributed by atoms with E-state index in [1.165, 1.54) is 60.6 Å². The van der Waals surface area contributed by atoms with Crippen LogP contribution >= 0.6 is 54.5 Å². The van der Waals surface area contributed by atoms with Crippen molar-refractivity contribution in [1.82, 2.24) is 0 Å². The molecule has 5 heteroatoms. The molecule has 0 atom stereocenters. The summed E-state index contributed by atoms with van der Waals surface area (Å²) in [5.41, 5.74) is 2.71. The molecule has 0 radical (unpaired) electrons. The molecule has 0 saturated carbocycles. The van der Waals surface area contributed by atoms with Gasteiger partial charge in [0, 0.05) is 12.0 Å². The summed E-state index contributed by atoms with van der Waals surface area (Å²) in [6.45, 7) is 2.92. The Morgan fingerprint density at radius 1 is 1.05 bits per heavy atom. The smallest absolute Gasteiger partial charge is 0.0737 e. The molecule has 0 unspecified atom stereocenters. The van der Waals surface area contributed by atoms with Gasteiger partial charge in [-0.05, 0) is 68.0 Å². The molecule has 2 aromatic heterocycles. The minimum atomic E-state index is 0.665. The van der Waals surface area contributed by atoms with Crippen molar-refractivity contribution in [3.63, 3.8) is 0 Å². The monoisotopic (exact) mass is 450 g/mol. The van der Waals surface area contributed by atoms with Crippen molar-refractivity contribution in [1.29, 1.82) is 0 Å². The van der Waals surface area contributed by atoms with E-state index in [1.807, 2.05) is 11.3 Å². The van der Waals surface area contributed by atoms with E-state index in [0.29, 0.717) is 6.61 Å². The van der Waals surface area contributed by atoms with E-state index in [4.69, 9.17) is 4.74 Å². The molecular weight excluding hydrogens is 432 g/mol. The molecule has 0 aliphatic heterocycles. The number of rotatable bonds is 8. The maximum atomic E-state index is 5.31. The molecular formula is C16H20Br2OS2. The van der Waals surface area contributed by atoms with Crippen LogP contribution in [0.25, 0.3) is 9.75 Å². The summed E-state index contributed by atoms with van der Waals surface area (Å²) in [5.74, 6) is 0. The first-order valence-electron chi connectivity index (χ1n) is 7.21. The minimum Gasteiger partial charge on any atom is -0.380 e. The Kier molecular flexibility index (Phi) is 7.42. The fourth-order valence-electron chi connectivity index (χ4n) is 2.30. The number of thiophene rings is 2. The van der Waals surface area contributed by atoms with Gasteiger partial charge in [-0.25, -0.2) is 0 Å². The van der Waals surface area contributed by atoms with Crippen molar-refractivity contribution in [2.75, 3.05) is 7.11 Å². The van der Waals surface area contributed by atoms with Gasteiger partial charge in [0.25, 0.3) is 0 Å². The third-order valence-corrected chi connectivity index (χ3v) is 7.18. The number of unbranched alkanes of at least 4 members (excludes halogenated alkanes) is 3. The molecule has 21 heavy (non-hydrogen) atoms. The van der Waals surface area contributed by atoms with E-state index < -0.39 is 0 Å². The van der Waals surface area contributed by atoms with Gasteiger partial charge < -0.3 is 4.74 Å². The maximum Gasteiger partial charge on any atom is 0.0737 e. The fraction of sp³-hybridized carbons (Fsp3) is 0.500. The number of halogens is 2. The molecule has 116 valence electrons. The predicted octanol–water partition coefficient (Wildman–Crippen LogP) is 7.27. The standard InChI is InChI=1S/C16H20Br2OS2/c1-3-4-5-6-7-11-8-13(20-16(11)18)15-12(10-19-2)9-14(17)21-15/h8-9H,3-7,10H2,1-2H3. The zero-order chi connectivity index (χ0) is 15.2. The van der Waals surface area contributed by atoms with Crippen molar-refractivity contribution < 1.29 is 4.74 Å². The highest BCUT2D eigenvalue weighted by atomic mass is 79.9. The van der Waals surface area contributed by atoms with Gasteiger partial charge in [-0.2, -0.15) is 0 Å². The Morgan fingerprint density at radius 2 is 1.86 bits per heavy atom. The first-order chi connectivity index (χ1) is 10.2. The number of methoxy groups -OCH3 is 1. The number of ether oxygens (including phenoxy) is 1. The van der Waals surface area contributed by atoms with Crippen molar-refractivity contribution in [3.8, 4) is 9.75 Å². The van der Waals surface area contributed by atoms with Gasteiger partial charge in [0.05, 0.1) is 19.1 Å². The first kappa shape index (κ1) is 17.7. The topological polar surface area (TPSA) is 9.23 Å². The second kappa shape index (κ2) is 8.82. The molecule has 0 aromatic carbocycles. The minimum absolute atomic E-state index is 0.665. The number of hydrogen-bond donors (Lipinski definition) is 0. The van der Waals surface area contributed by atoms with Crippen LogP contribution in [-0.2, 0) is 17.8 Å². The van der Waals surface area contributed by atoms with Crippen molar-refractivity contribution >= 4 is 54.5 Å². The van der Waals surface area contributed by atoms with Gasteiger partial charge in [-0.1, -0.05) is 26.2 Å². The van der Waals surface area contributed by atoms with Crippen molar-refractivity contribution in [3.05, 3.63) is 30.8 Å². The Bertz CT molecular complexity index is 575. The van der Waals surface area contributed by atoms with Gasteiger partial charge in [-0.3, -0.25) is 0 Å². The first-order valence-corrected chi connectivity index (χ1v) is 10.4. The van der Waals surface area contributed by atoms with Gasteiger partial charge in [0.1, 0.15) is 0 Å². The van der Waals surface area contributed by atoms with Crippen LogP contribution in [0.1, 0.15) is 43.7 Å². The zero-order valence-electron chi connectivity index (χ0n) is 12.4. The lowest BCUT2D eigenvalue weighted by Gasteiger charge is -2.00. The molecule has 2 aromatic rings. The summed E-state index contributed by atoms with van der Waals surface area (Å²) in [4.78, 5) is 2.67. The Labute approximate surface area is 152 Å². The van der Waals surface area contributed by atoms with Crippen LogP contribution in [0.4, 0.5) is 0 Å². The van der Waals surface area contributed by atoms with Crippen molar-refractivity contribution in [2.24, 2.45) is 0 Å². The average molecular weight is 452 g/mol. The van der Waals surface area contributed by atoms with Gasteiger partial charge in [0.15, 0.2) is 0 Å². The Morgan fingerprint density at radius 3 is 2.57 bits per heavy atom. The molecule has 0 fully saturated rings. The lowest BCUT2D eigenvalue weighted by atomic mass is 10.1. The van der Waals surface area contributed by atoms with Crippen LogP contribution in [0.5, 0.6) is 0 Å². The largest absolute Gasteiger partial charge is 0.380 e. The van der Waals surface area contributed by atoms with Gasteiger partial charge in [0.2, 0.25) is 0 Å². The van der Waals surface area contributed by atoms with E-state index in [9.17, 15) is 0 Å². The van der Waals surface area contributed by atoms with Gasteiger partial charge in [-0.15, -0.1) is 22.7 Å². The van der Waals surface area contributed by atoms with Crippen LogP contribution in [0.15, 0.2) is 19.7 Å². The van der Waals surface area contributed by atoms with Crippen LogP contribution in [0.3, 0.4) is 0 Å². The molecule has 2 heterocycles. The van der Waals surface area contributed by atoms with Crippen LogP contribution in [-0.4, -0.2) is 7.11 Å². The van der Waals surface area contributed by atoms with Crippen LogP contribution in [0.2, 0.25) is 0 Å². The molecule has 1 nitrogen and oxygen atoms in total. The summed E-state index contributed by atoms with van der Waals surface area (Å²) in [5, 5.41) is 0. The average Bonchev–Trinajstić information content (AvgIpc) is 2.99. The predicted molar refractivity (Wildman–Crippen MR) is 102 cm³/mol. The highest BCUT2D eigenvalue weighted by Crippen LogP contribution is 2.42. The SMILES string of the molecule is CCCCCCc1cc(-c2sc(Br)cc2COC)sc1Br. The molecule has 0 saturated heterocycles. The quantitative estimate of drug-likeness (QED) is 0.383. The second-order valence-corrected chi connectivity index (χ2v) is 9.86. The van der Waals surface area contributed by atoms with Crippen molar-refractivity contribution in [2.45, 2.75) is 45.6 Å². The Hall–Kier alpha value is 0.320. The molecule has 2 rings (SSSR count). The highest BCUT2D eigenvalue weighted by molar-refractivity contribution is 9.11. The van der Waals surface area contributed by atoms with Crippen LogP contribution < -0.4 is 0 Å². The lowest BCUT2D eigenvalue weighted by molar-refractivity contribution is 0.185. The molecule has 0 N–H and O–H groups in total. The third-order valence-electron chi connectivity index (χ3n) is 3.36. The summed E-state index contributed by atoms with van der Waals surface area (Å²) in [7, 11) is 1.75. The number of hydrogen-bond acceptors (Lipinski definition) is 3. The molecule has 0 amide bonds. The number of aryl methyl sites for hydroxylation is 1.